The molecule has 1 N–H and O–H groups in total. The Hall–Kier alpha value is -2.23. The number of hydrogen-bond acceptors (Lipinski definition) is 4. The maximum Gasteiger partial charge on any atom is 0.331 e. The van der Waals surface area contributed by atoms with Gasteiger partial charge in [-0.3, -0.25) is 4.90 Å². The van der Waals surface area contributed by atoms with E-state index < -0.39 is 21.8 Å². The zero-order valence-corrected chi connectivity index (χ0v) is 15.4. The zero-order valence-electron chi connectivity index (χ0n) is 14.6. The van der Waals surface area contributed by atoms with E-state index in [4.69, 9.17) is 0 Å². The van der Waals surface area contributed by atoms with Gasteiger partial charge in [0.05, 0.1) is 17.1 Å². The van der Waals surface area contributed by atoms with Gasteiger partial charge in [0, 0.05) is 45.3 Å². The number of rotatable bonds is 4. The van der Waals surface area contributed by atoms with Gasteiger partial charge >= 0.3 is 10.2 Å². The molecule has 144 valence electrons. The molecular formula is C18H20F2N4O2S. The van der Waals surface area contributed by atoms with E-state index in [0.717, 1.165) is 42.6 Å². The van der Waals surface area contributed by atoms with Crippen LogP contribution < -0.4 is 13.9 Å². The normalized spacial score (nSPS) is 19.3. The van der Waals surface area contributed by atoms with E-state index in [9.17, 15) is 17.2 Å². The monoisotopic (exact) mass is 394 g/mol. The molecule has 0 unspecified atom stereocenters. The second-order valence-electron chi connectivity index (χ2n) is 6.52. The van der Waals surface area contributed by atoms with Crippen molar-refractivity contribution < 1.29 is 17.2 Å². The van der Waals surface area contributed by atoms with Gasteiger partial charge < -0.3 is 5.32 Å². The molecule has 2 heterocycles. The fourth-order valence-electron chi connectivity index (χ4n) is 3.48. The van der Waals surface area contributed by atoms with Crippen LogP contribution in [0, 0.1) is 11.6 Å². The summed E-state index contributed by atoms with van der Waals surface area (Å²) in [6, 6.07) is 9.99. The van der Waals surface area contributed by atoms with Gasteiger partial charge in [-0.2, -0.15) is 8.42 Å². The highest BCUT2D eigenvalue weighted by molar-refractivity contribution is 7.95. The quantitative estimate of drug-likeness (QED) is 0.863. The second-order valence-corrected chi connectivity index (χ2v) is 8.22. The third-order valence-electron chi connectivity index (χ3n) is 4.85. The fraction of sp³-hybridized carbons (Fsp3) is 0.333. The molecule has 2 aliphatic rings. The van der Waals surface area contributed by atoms with Gasteiger partial charge in [0.1, 0.15) is 0 Å². The van der Waals surface area contributed by atoms with Gasteiger partial charge in [0.2, 0.25) is 0 Å². The Morgan fingerprint density at radius 3 is 2.33 bits per heavy atom. The second kappa shape index (κ2) is 7.06. The molecule has 4 rings (SSSR count). The molecular weight excluding hydrogens is 374 g/mol. The van der Waals surface area contributed by atoms with Crippen LogP contribution in [0.1, 0.15) is 0 Å². The number of halogens is 2. The van der Waals surface area contributed by atoms with Crippen LogP contribution in [-0.4, -0.2) is 52.6 Å². The van der Waals surface area contributed by atoms with E-state index in [1.165, 1.54) is 10.4 Å². The molecule has 0 bridgehead atoms. The molecule has 0 radical (unpaired) electrons. The molecule has 0 atom stereocenters. The van der Waals surface area contributed by atoms with Crippen molar-refractivity contribution in [2.75, 3.05) is 47.9 Å². The fourth-order valence-corrected chi connectivity index (χ4v) is 5.18. The Morgan fingerprint density at radius 2 is 1.63 bits per heavy atom. The van der Waals surface area contributed by atoms with Gasteiger partial charge in [-0.1, -0.05) is 12.1 Å². The predicted molar refractivity (Wildman–Crippen MR) is 101 cm³/mol. The van der Waals surface area contributed by atoms with Crippen molar-refractivity contribution in [1.82, 2.24) is 10.2 Å². The highest BCUT2D eigenvalue weighted by atomic mass is 32.2. The molecule has 0 aromatic heterocycles. The van der Waals surface area contributed by atoms with Crippen LogP contribution in [0.25, 0.3) is 0 Å². The molecule has 1 saturated heterocycles. The minimum Gasteiger partial charge on any atom is -0.314 e. The summed E-state index contributed by atoms with van der Waals surface area (Å²) in [4.78, 5) is 2.20. The number of benzene rings is 2. The van der Waals surface area contributed by atoms with Crippen LogP contribution >= 0.6 is 0 Å². The average molecular weight is 394 g/mol. The molecule has 0 spiro atoms. The maximum absolute atomic E-state index is 13.7. The first-order valence-corrected chi connectivity index (χ1v) is 10.2. The number of nitrogens with one attached hydrogen (secondary N) is 1. The van der Waals surface area contributed by atoms with Crippen LogP contribution in [0.4, 0.5) is 25.8 Å². The van der Waals surface area contributed by atoms with Crippen molar-refractivity contribution >= 4 is 27.3 Å². The van der Waals surface area contributed by atoms with Crippen molar-refractivity contribution in [2.24, 2.45) is 0 Å². The van der Waals surface area contributed by atoms with Crippen LogP contribution in [0.2, 0.25) is 0 Å². The number of hydrogen-bond donors (Lipinski definition) is 1. The number of fused-ring (bicyclic) bond motifs is 1. The lowest BCUT2D eigenvalue weighted by atomic mass is 10.2. The first-order chi connectivity index (χ1) is 13.0. The first kappa shape index (κ1) is 18.1. The third-order valence-corrected chi connectivity index (χ3v) is 6.65. The Balaban J connectivity index is 1.68. The summed E-state index contributed by atoms with van der Waals surface area (Å²) in [5.41, 5.74) is 1.05. The minimum absolute atomic E-state index is 0.0750. The Bertz CT molecular complexity index is 948. The summed E-state index contributed by atoms with van der Waals surface area (Å²) in [5.74, 6) is -2.10. The summed E-state index contributed by atoms with van der Waals surface area (Å²) in [6.45, 7) is 4.37. The Labute approximate surface area is 157 Å². The van der Waals surface area contributed by atoms with Crippen molar-refractivity contribution in [3.05, 3.63) is 54.1 Å². The first-order valence-electron chi connectivity index (χ1n) is 8.78. The van der Waals surface area contributed by atoms with Gasteiger partial charge in [-0.05, 0) is 24.3 Å². The number of piperazine rings is 1. The van der Waals surface area contributed by atoms with Crippen molar-refractivity contribution in [1.29, 1.82) is 0 Å². The minimum atomic E-state index is -3.94. The predicted octanol–water partition coefficient (Wildman–Crippen LogP) is 2.07. The molecule has 2 aromatic rings. The maximum atomic E-state index is 13.7. The van der Waals surface area contributed by atoms with Gasteiger partial charge in [0.15, 0.2) is 11.6 Å². The van der Waals surface area contributed by atoms with Crippen LogP contribution in [0.15, 0.2) is 42.5 Å². The number of nitrogens with zero attached hydrogens (tertiary/aromatic N) is 3. The molecule has 9 heteroatoms. The molecule has 1 fully saturated rings. The largest absolute Gasteiger partial charge is 0.331 e. The number of anilines is 3. The summed E-state index contributed by atoms with van der Waals surface area (Å²) in [5, 5.41) is 3.27. The molecule has 27 heavy (non-hydrogen) atoms. The highest BCUT2D eigenvalue weighted by Gasteiger charge is 2.41. The topological polar surface area (TPSA) is 55.9 Å². The van der Waals surface area contributed by atoms with E-state index in [1.807, 2.05) is 0 Å². The van der Waals surface area contributed by atoms with Gasteiger partial charge in [0.25, 0.3) is 0 Å². The molecule has 0 amide bonds. The summed E-state index contributed by atoms with van der Waals surface area (Å²) >= 11 is 0. The van der Waals surface area contributed by atoms with E-state index >= 15 is 0 Å². The number of para-hydroxylation sites is 2. The lowest BCUT2D eigenvalue weighted by Gasteiger charge is -2.29. The average Bonchev–Trinajstić information content (AvgIpc) is 2.89. The van der Waals surface area contributed by atoms with Crippen LogP contribution in [0.3, 0.4) is 0 Å². The van der Waals surface area contributed by atoms with Crippen molar-refractivity contribution in [3.63, 3.8) is 0 Å². The standard InChI is InChI=1S/C18H20F2N4O2S/c19-15-6-5-14(13-16(15)20)24-18-4-2-1-3-17(18)23(27(24,25)26)12-11-22-9-7-21-8-10-22/h1-6,13,21H,7-12H2. The third kappa shape index (κ3) is 3.26. The van der Waals surface area contributed by atoms with E-state index in [1.54, 1.807) is 24.3 Å². The Kier molecular flexibility index (Phi) is 4.75. The molecule has 2 aliphatic heterocycles. The SMILES string of the molecule is O=S1(=O)N(CCN2CCNCC2)c2ccccc2N1c1ccc(F)c(F)c1. The van der Waals surface area contributed by atoms with E-state index in [2.05, 4.69) is 10.2 Å². The zero-order chi connectivity index (χ0) is 19.0. The Morgan fingerprint density at radius 1 is 0.926 bits per heavy atom. The summed E-state index contributed by atoms with van der Waals surface area (Å²) < 4.78 is 55.9. The van der Waals surface area contributed by atoms with E-state index in [0.29, 0.717) is 24.5 Å². The summed E-state index contributed by atoms with van der Waals surface area (Å²) in [6.07, 6.45) is 0. The van der Waals surface area contributed by atoms with Crippen LogP contribution in [0.5, 0.6) is 0 Å². The smallest absolute Gasteiger partial charge is 0.314 e. The summed E-state index contributed by atoms with van der Waals surface area (Å²) in [7, 11) is -3.94. The van der Waals surface area contributed by atoms with Crippen molar-refractivity contribution in [3.8, 4) is 0 Å². The lowest BCUT2D eigenvalue weighted by Crippen LogP contribution is -2.47. The molecule has 0 saturated carbocycles. The van der Waals surface area contributed by atoms with Crippen molar-refractivity contribution in [2.45, 2.75) is 0 Å². The molecule has 2 aromatic carbocycles. The van der Waals surface area contributed by atoms with E-state index in [-0.39, 0.29) is 5.69 Å². The molecule has 0 aliphatic carbocycles. The van der Waals surface area contributed by atoms with Gasteiger partial charge in [-0.15, -0.1) is 0 Å². The lowest BCUT2D eigenvalue weighted by molar-refractivity contribution is 0.248. The highest BCUT2D eigenvalue weighted by Crippen LogP contribution is 2.45. The van der Waals surface area contributed by atoms with Gasteiger partial charge in [-0.25, -0.2) is 17.4 Å². The van der Waals surface area contributed by atoms with Crippen LogP contribution in [-0.2, 0) is 10.2 Å². The molecule has 6 nitrogen and oxygen atoms in total.